The predicted octanol–water partition coefficient (Wildman–Crippen LogP) is 5.88. The SMILES string of the molecule is NC1=N[C@@H](CCc2ccc(NC(=O)c3ccc(Br)cn3)cc2)CO1.NC1=N[C@@H](CCc2ccc(NC(=O)c3ccc4ccccc4n3)cc2)CO1. The number of hydrogen-bond donors (Lipinski definition) is 4. The number of aliphatic imine (C=N–C) groups is 2. The lowest BCUT2D eigenvalue weighted by Gasteiger charge is -2.08. The maximum Gasteiger partial charge on any atom is 0.282 e. The standard InChI is InChI=1S/C21H20N4O2.C17H17BrN4O2/c22-21-24-17(13-27-21)11-7-14-5-9-16(10-6-14)23-20(26)19-12-8-15-3-1-2-4-18(15)25-19;18-12-4-8-15(20-9-12)16(23)21-13-5-1-11(2-6-13)3-7-14-10-24-17(19)22-14/h1-6,8-10,12,17H,7,11,13H2,(H2,22,24)(H,23,26);1-2,4-6,8-9,14H,3,7,10H2,(H2,19,22)(H,21,23)/t17-;14-/m00/s1. The van der Waals surface area contributed by atoms with E-state index in [9.17, 15) is 9.59 Å². The number of para-hydroxylation sites is 1. The molecule has 2 aliphatic rings. The Kier molecular flexibility index (Phi) is 11.5. The zero-order valence-electron chi connectivity index (χ0n) is 27.7. The number of amidine groups is 2. The number of carbonyl (C=O) groups excluding carboxylic acids is 2. The van der Waals surface area contributed by atoms with Crippen LogP contribution in [-0.2, 0) is 22.3 Å². The van der Waals surface area contributed by atoms with E-state index in [1.54, 1.807) is 24.4 Å². The highest BCUT2D eigenvalue weighted by molar-refractivity contribution is 9.10. The molecule has 260 valence electrons. The van der Waals surface area contributed by atoms with Crippen molar-refractivity contribution in [1.82, 2.24) is 9.97 Å². The van der Waals surface area contributed by atoms with Crippen molar-refractivity contribution in [3.63, 3.8) is 0 Å². The number of rotatable bonds is 10. The molecule has 0 unspecified atom stereocenters. The molecule has 2 aliphatic heterocycles. The summed E-state index contributed by atoms with van der Waals surface area (Å²) in [7, 11) is 0. The molecule has 0 bridgehead atoms. The van der Waals surface area contributed by atoms with Crippen molar-refractivity contribution in [2.75, 3.05) is 23.8 Å². The minimum absolute atomic E-state index is 0.128. The number of anilines is 2. The molecule has 0 saturated carbocycles. The average molecular weight is 750 g/mol. The number of fused-ring (bicyclic) bond motifs is 1. The number of aryl methyl sites for hydroxylation is 2. The Balaban J connectivity index is 0.000000177. The molecule has 0 aliphatic carbocycles. The van der Waals surface area contributed by atoms with Gasteiger partial charge in [-0.15, -0.1) is 0 Å². The van der Waals surface area contributed by atoms with Gasteiger partial charge in [-0.2, -0.15) is 0 Å². The number of carbonyl (C=O) groups is 2. The Labute approximate surface area is 303 Å². The maximum absolute atomic E-state index is 12.5. The Hall–Kier alpha value is -5.82. The fourth-order valence-electron chi connectivity index (χ4n) is 5.44. The van der Waals surface area contributed by atoms with Gasteiger partial charge in [-0.1, -0.05) is 48.5 Å². The van der Waals surface area contributed by atoms with Gasteiger partial charge in [0, 0.05) is 27.4 Å². The van der Waals surface area contributed by atoms with Crippen LogP contribution in [0.3, 0.4) is 0 Å². The second-order valence-corrected chi connectivity index (χ2v) is 12.9. The van der Waals surface area contributed by atoms with Crippen LogP contribution in [0.15, 0.2) is 118 Å². The largest absolute Gasteiger partial charge is 0.463 e. The van der Waals surface area contributed by atoms with E-state index in [-0.39, 0.29) is 35.9 Å². The highest BCUT2D eigenvalue weighted by Crippen LogP contribution is 2.18. The molecular weight excluding hydrogens is 712 g/mol. The summed E-state index contributed by atoms with van der Waals surface area (Å²) in [4.78, 5) is 41.5. The number of nitrogens with zero attached hydrogens (tertiary/aromatic N) is 4. The minimum atomic E-state index is -0.233. The second kappa shape index (κ2) is 16.7. The molecule has 13 heteroatoms. The zero-order chi connectivity index (χ0) is 35.6. The first-order valence-electron chi connectivity index (χ1n) is 16.5. The molecule has 5 aromatic rings. The third-order valence-corrected chi connectivity index (χ3v) is 8.68. The lowest BCUT2D eigenvalue weighted by Crippen LogP contribution is -2.13. The van der Waals surface area contributed by atoms with Gasteiger partial charge in [-0.3, -0.25) is 9.59 Å². The van der Waals surface area contributed by atoms with Crippen molar-refractivity contribution in [2.24, 2.45) is 21.5 Å². The predicted molar refractivity (Wildman–Crippen MR) is 202 cm³/mol. The molecule has 2 amide bonds. The topological polar surface area (TPSA) is 179 Å². The normalized spacial score (nSPS) is 16.2. The highest BCUT2D eigenvalue weighted by atomic mass is 79.9. The zero-order valence-corrected chi connectivity index (χ0v) is 29.3. The first-order chi connectivity index (χ1) is 24.8. The van der Waals surface area contributed by atoms with Gasteiger partial charge in [0.2, 0.25) is 0 Å². The van der Waals surface area contributed by atoms with E-state index in [0.29, 0.717) is 24.6 Å². The first-order valence-corrected chi connectivity index (χ1v) is 17.3. The Morgan fingerprint density at radius 1 is 0.686 bits per heavy atom. The van der Waals surface area contributed by atoms with Crippen LogP contribution in [0.5, 0.6) is 0 Å². The molecule has 6 N–H and O–H groups in total. The van der Waals surface area contributed by atoms with Crippen molar-refractivity contribution < 1.29 is 19.1 Å². The summed E-state index contributed by atoms with van der Waals surface area (Å²) >= 11 is 3.29. The van der Waals surface area contributed by atoms with Crippen LogP contribution in [0.2, 0.25) is 0 Å². The maximum atomic E-state index is 12.5. The summed E-state index contributed by atoms with van der Waals surface area (Å²) < 4.78 is 11.1. The van der Waals surface area contributed by atoms with Crippen molar-refractivity contribution in [3.8, 4) is 0 Å². The molecule has 0 radical (unpaired) electrons. The first kappa shape index (κ1) is 35.0. The van der Waals surface area contributed by atoms with Gasteiger partial charge in [-0.25, -0.2) is 20.0 Å². The molecular formula is C38H37BrN8O4. The number of ether oxygens (including phenoxy) is 2. The molecule has 0 fully saturated rings. The van der Waals surface area contributed by atoms with Crippen LogP contribution in [0.1, 0.15) is 44.9 Å². The van der Waals surface area contributed by atoms with Crippen LogP contribution in [0.25, 0.3) is 10.9 Å². The van der Waals surface area contributed by atoms with E-state index >= 15 is 0 Å². The summed E-state index contributed by atoms with van der Waals surface area (Å²) in [5, 5.41) is 6.74. The third-order valence-electron chi connectivity index (χ3n) is 8.21. The fourth-order valence-corrected chi connectivity index (χ4v) is 5.67. The van der Waals surface area contributed by atoms with Gasteiger partial charge in [0.15, 0.2) is 0 Å². The summed E-state index contributed by atoms with van der Waals surface area (Å²) in [5.74, 6) is -0.454. The van der Waals surface area contributed by atoms with E-state index in [2.05, 4.69) is 46.5 Å². The van der Waals surface area contributed by atoms with Gasteiger partial charge >= 0.3 is 0 Å². The minimum Gasteiger partial charge on any atom is -0.463 e. The Morgan fingerprint density at radius 2 is 1.22 bits per heavy atom. The summed E-state index contributed by atoms with van der Waals surface area (Å²) in [6.07, 6.45) is 5.13. The van der Waals surface area contributed by atoms with Crippen molar-refractivity contribution in [2.45, 2.75) is 37.8 Å². The number of pyridine rings is 2. The van der Waals surface area contributed by atoms with Gasteiger partial charge in [0.05, 0.1) is 17.6 Å². The quantitative estimate of drug-likeness (QED) is 0.137. The lowest BCUT2D eigenvalue weighted by molar-refractivity contribution is 0.101. The van der Waals surface area contributed by atoms with E-state index < -0.39 is 0 Å². The number of halogens is 1. The van der Waals surface area contributed by atoms with Crippen LogP contribution in [-0.4, -0.2) is 59.1 Å². The second-order valence-electron chi connectivity index (χ2n) is 12.0. The lowest BCUT2D eigenvalue weighted by atomic mass is 10.1. The highest BCUT2D eigenvalue weighted by Gasteiger charge is 2.17. The number of nitrogens with one attached hydrogen (secondary N) is 2. The molecule has 3 aromatic carbocycles. The van der Waals surface area contributed by atoms with Crippen LogP contribution >= 0.6 is 15.9 Å². The molecule has 7 rings (SSSR count). The average Bonchev–Trinajstić information content (AvgIpc) is 3.78. The number of nitrogens with two attached hydrogens (primary N) is 2. The van der Waals surface area contributed by atoms with Gasteiger partial charge in [-0.05, 0) is 101 Å². The fraction of sp³-hybridized carbons (Fsp3) is 0.211. The van der Waals surface area contributed by atoms with E-state index in [4.69, 9.17) is 20.9 Å². The number of hydrogen-bond acceptors (Lipinski definition) is 10. The summed E-state index contributed by atoms with van der Waals surface area (Å²) in [6.45, 7) is 1.11. The van der Waals surface area contributed by atoms with Crippen molar-refractivity contribution in [3.05, 3.63) is 130 Å². The molecule has 2 atom stereocenters. The molecule has 0 saturated heterocycles. The monoisotopic (exact) mass is 748 g/mol. The van der Waals surface area contributed by atoms with Gasteiger partial charge < -0.3 is 31.6 Å². The Morgan fingerprint density at radius 3 is 1.73 bits per heavy atom. The molecule has 0 spiro atoms. The van der Waals surface area contributed by atoms with Crippen LogP contribution in [0, 0.1) is 0 Å². The molecule has 4 heterocycles. The van der Waals surface area contributed by atoms with Gasteiger partial charge in [0.25, 0.3) is 23.9 Å². The van der Waals surface area contributed by atoms with Crippen LogP contribution < -0.4 is 22.1 Å². The van der Waals surface area contributed by atoms with Crippen LogP contribution in [0.4, 0.5) is 11.4 Å². The molecule has 2 aromatic heterocycles. The van der Waals surface area contributed by atoms with E-state index in [1.165, 1.54) is 11.1 Å². The van der Waals surface area contributed by atoms with E-state index in [0.717, 1.165) is 52.4 Å². The Bertz CT molecular complexity index is 2040. The summed E-state index contributed by atoms with van der Waals surface area (Å²) in [6, 6.07) is 31.2. The van der Waals surface area contributed by atoms with Crippen molar-refractivity contribution >= 4 is 62.1 Å². The summed E-state index contributed by atoms with van der Waals surface area (Å²) in [5.41, 5.74) is 16.4. The van der Waals surface area contributed by atoms with E-state index in [1.807, 2.05) is 78.9 Å². The molecule has 12 nitrogen and oxygen atoms in total. The van der Waals surface area contributed by atoms with Gasteiger partial charge in [0.1, 0.15) is 24.6 Å². The smallest absolute Gasteiger partial charge is 0.282 e. The number of benzene rings is 3. The van der Waals surface area contributed by atoms with Crippen molar-refractivity contribution in [1.29, 1.82) is 0 Å². The number of aromatic nitrogens is 2. The number of amides is 2. The third kappa shape index (κ3) is 10.1. The molecule has 51 heavy (non-hydrogen) atoms.